The minimum absolute atomic E-state index is 0.165. The number of hydrogen-bond acceptors (Lipinski definition) is 3. The van der Waals surface area contributed by atoms with Crippen LogP contribution in [-0.4, -0.2) is 28.5 Å². The van der Waals surface area contributed by atoms with Crippen LogP contribution in [0.1, 0.15) is 12.8 Å². The number of rotatable bonds is 1. The highest BCUT2D eigenvalue weighted by atomic mass is 127. The molecule has 0 radical (unpaired) electrons. The first-order valence-corrected chi connectivity index (χ1v) is 7.12. The Kier molecular flexibility index (Phi) is 3.15. The maximum atomic E-state index is 14.0. The van der Waals surface area contributed by atoms with Crippen LogP contribution in [0, 0.1) is 9.39 Å². The van der Waals surface area contributed by atoms with Crippen molar-refractivity contribution in [2.45, 2.75) is 12.8 Å². The number of allylic oxidation sites excluding steroid dienone is 1. The third kappa shape index (κ3) is 1.88. The predicted molar refractivity (Wildman–Crippen MR) is 77.7 cm³/mol. The van der Waals surface area contributed by atoms with Gasteiger partial charge >= 0.3 is 6.03 Å². The molecule has 0 atom stereocenters. The van der Waals surface area contributed by atoms with Crippen molar-refractivity contribution >= 4 is 40.2 Å². The van der Waals surface area contributed by atoms with Gasteiger partial charge in [-0.1, -0.05) is 6.08 Å². The van der Waals surface area contributed by atoms with E-state index in [9.17, 15) is 19.1 Å². The van der Waals surface area contributed by atoms with Crippen LogP contribution in [0.5, 0.6) is 5.75 Å². The van der Waals surface area contributed by atoms with Gasteiger partial charge in [0.05, 0.1) is 9.26 Å². The summed E-state index contributed by atoms with van der Waals surface area (Å²) in [5.74, 6) is -1.43. The Labute approximate surface area is 127 Å². The van der Waals surface area contributed by atoms with E-state index in [0.29, 0.717) is 15.8 Å². The largest absolute Gasteiger partial charge is 0.507 e. The number of phenols is 1. The number of amides is 3. The molecule has 1 aromatic carbocycles. The third-order valence-corrected chi connectivity index (χ3v) is 4.18. The average Bonchev–Trinajstić information content (AvgIpc) is 2.68. The van der Waals surface area contributed by atoms with Gasteiger partial charge < -0.3 is 5.11 Å². The summed E-state index contributed by atoms with van der Waals surface area (Å²) in [7, 11) is 0. The molecule has 7 heteroatoms. The minimum atomic E-state index is -0.714. The van der Waals surface area contributed by atoms with E-state index in [4.69, 9.17) is 0 Å². The number of aromatic hydroxyl groups is 1. The second-order valence-corrected chi connectivity index (χ2v) is 5.72. The van der Waals surface area contributed by atoms with E-state index in [0.717, 1.165) is 29.9 Å². The summed E-state index contributed by atoms with van der Waals surface area (Å²) < 4.78 is 14.3. The lowest BCUT2D eigenvalue weighted by molar-refractivity contribution is -0.114. The summed E-state index contributed by atoms with van der Waals surface area (Å²) in [6, 6.07) is 1.63. The van der Waals surface area contributed by atoms with Gasteiger partial charge in [-0.3, -0.25) is 9.69 Å². The molecule has 3 rings (SSSR count). The fourth-order valence-electron chi connectivity index (χ4n) is 2.35. The number of fused-ring (bicyclic) bond motifs is 1. The molecule has 0 aromatic heterocycles. The van der Waals surface area contributed by atoms with Crippen molar-refractivity contribution in [2.24, 2.45) is 0 Å². The number of nitrogens with zero attached hydrogens (tertiary/aromatic N) is 2. The Morgan fingerprint density at radius 2 is 2.05 bits per heavy atom. The highest BCUT2D eigenvalue weighted by Gasteiger charge is 2.43. The summed E-state index contributed by atoms with van der Waals surface area (Å²) in [5, 5.41) is 9.66. The first-order chi connectivity index (χ1) is 9.50. The van der Waals surface area contributed by atoms with E-state index >= 15 is 0 Å². The number of hydrogen-bond donors (Lipinski definition) is 1. The van der Waals surface area contributed by atoms with E-state index in [1.807, 2.05) is 0 Å². The molecule has 1 N–H and O–H groups in total. The molecule has 0 bridgehead atoms. The van der Waals surface area contributed by atoms with Crippen LogP contribution in [-0.2, 0) is 4.79 Å². The third-order valence-electron chi connectivity index (χ3n) is 3.32. The molecule has 0 spiro atoms. The highest BCUT2D eigenvalue weighted by molar-refractivity contribution is 14.1. The van der Waals surface area contributed by atoms with Gasteiger partial charge in [0.15, 0.2) is 0 Å². The number of carbonyl (C=O) groups excluding carboxylic acids is 2. The summed E-state index contributed by atoms with van der Waals surface area (Å²) in [4.78, 5) is 26.6. The fourth-order valence-corrected chi connectivity index (χ4v) is 2.78. The molecule has 1 fully saturated rings. The van der Waals surface area contributed by atoms with Crippen LogP contribution >= 0.6 is 22.6 Å². The second kappa shape index (κ2) is 4.72. The number of benzene rings is 1. The van der Waals surface area contributed by atoms with Gasteiger partial charge in [-0.05, 0) is 41.5 Å². The number of carbonyl (C=O) groups is 2. The lowest BCUT2D eigenvalue weighted by Gasteiger charge is -2.19. The number of halogens is 2. The van der Waals surface area contributed by atoms with Crippen LogP contribution in [0.3, 0.4) is 0 Å². The summed E-state index contributed by atoms with van der Waals surface area (Å²) >= 11 is 1.77. The zero-order valence-electron chi connectivity index (χ0n) is 10.3. The molecular formula is C13H10FIN2O3. The maximum absolute atomic E-state index is 14.0. The van der Waals surface area contributed by atoms with Crippen molar-refractivity contribution in [1.82, 2.24) is 4.90 Å². The Morgan fingerprint density at radius 1 is 1.30 bits per heavy atom. The number of anilines is 1. The molecule has 2 aliphatic heterocycles. The number of urea groups is 1. The number of imide groups is 1. The molecule has 5 nitrogen and oxygen atoms in total. The van der Waals surface area contributed by atoms with Crippen molar-refractivity contribution in [3.05, 3.63) is 33.3 Å². The van der Waals surface area contributed by atoms with Crippen LogP contribution in [0.15, 0.2) is 23.9 Å². The van der Waals surface area contributed by atoms with E-state index in [-0.39, 0.29) is 11.4 Å². The number of phenolic OH excluding ortho intramolecular Hbond substituents is 1. The van der Waals surface area contributed by atoms with Gasteiger partial charge in [0, 0.05) is 12.6 Å². The quantitative estimate of drug-likeness (QED) is 0.595. The second-order valence-electron chi connectivity index (χ2n) is 4.56. The molecule has 0 saturated carbocycles. The molecular weight excluding hydrogens is 378 g/mol. The van der Waals surface area contributed by atoms with Gasteiger partial charge in [0.25, 0.3) is 5.91 Å². The monoisotopic (exact) mass is 388 g/mol. The molecule has 1 aromatic rings. The van der Waals surface area contributed by atoms with Gasteiger partial charge in [0.2, 0.25) is 0 Å². The molecule has 0 unspecified atom stereocenters. The Bertz CT molecular complexity index is 659. The van der Waals surface area contributed by atoms with Crippen molar-refractivity contribution < 1.29 is 19.1 Å². The van der Waals surface area contributed by atoms with E-state index in [1.54, 1.807) is 28.7 Å². The molecule has 104 valence electrons. The van der Waals surface area contributed by atoms with E-state index in [1.165, 1.54) is 4.90 Å². The SMILES string of the molecule is O=C1C2=CCCCN2C(=O)N1c1cc(O)c(I)cc1F. The van der Waals surface area contributed by atoms with Crippen molar-refractivity contribution in [1.29, 1.82) is 0 Å². The standard InChI is InChI=1S/C13H10FIN2O3/c14-7-5-8(15)11(18)6-10(7)17-12(19)9-3-1-2-4-16(9)13(17)20/h3,5-6,18H,1-2,4H2. The smallest absolute Gasteiger partial charge is 0.336 e. The van der Waals surface area contributed by atoms with Gasteiger partial charge in [-0.2, -0.15) is 0 Å². The zero-order chi connectivity index (χ0) is 14.4. The lowest BCUT2D eigenvalue weighted by atomic mass is 10.2. The molecule has 3 amide bonds. The maximum Gasteiger partial charge on any atom is 0.336 e. The molecule has 2 heterocycles. The van der Waals surface area contributed by atoms with Gasteiger partial charge in [0.1, 0.15) is 17.3 Å². The summed E-state index contributed by atoms with van der Waals surface area (Å²) in [6.07, 6.45) is 3.18. The predicted octanol–water partition coefficient (Wildman–Crippen LogP) is 2.58. The van der Waals surface area contributed by atoms with Crippen LogP contribution < -0.4 is 4.90 Å². The van der Waals surface area contributed by atoms with Gasteiger partial charge in [-0.15, -0.1) is 0 Å². The fraction of sp³-hybridized carbons (Fsp3) is 0.231. The highest BCUT2D eigenvalue weighted by Crippen LogP contribution is 2.35. The minimum Gasteiger partial charge on any atom is -0.507 e. The lowest BCUT2D eigenvalue weighted by Crippen LogP contribution is -2.34. The van der Waals surface area contributed by atoms with Crippen molar-refractivity contribution in [3.8, 4) is 5.75 Å². The van der Waals surface area contributed by atoms with Crippen molar-refractivity contribution in [2.75, 3.05) is 11.4 Å². The summed E-state index contributed by atoms with van der Waals surface area (Å²) in [5.41, 5.74) is 0.0758. The van der Waals surface area contributed by atoms with Crippen LogP contribution in [0.4, 0.5) is 14.9 Å². The average molecular weight is 388 g/mol. The normalized spacial score (nSPS) is 18.4. The Hall–Kier alpha value is -1.64. The van der Waals surface area contributed by atoms with Crippen molar-refractivity contribution in [3.63, 3.8) is 0 Å². The Morgan fingerprint density at radius 3 is 2.75 bits per heavy atom. The molecule has 0 aliphatic carbocycles. The topological polar surface area (TPSA) is 60.9 Å². The first kappa shape index (κ1) is 13.3. The Balaban J connectivity index is 2.09. The van der Waals surface area contributed by atoms with Gasteiger partial charge in [-0.25, -0.2) is 14.1 Å². The molecule has 1 saturated heterocycles. The summed E-state index contributed by atoms with van der Waals surface area (Å²) in [6.45, 7) is 0.449. The zero-order valence-corrected chi connectivity index (χ0v) is 12.4. The van der Waals surface area contributed by atoms with E-state index in [2.05, 4.69) is 0 Å². The first-order valence-electron chi connectivity index (χ1n) is 6.05. The van der Waals surface area contributed by atoms with Crippen LogP contribution in [0.2, 0.25) is 0 Å². The molecule has 20 heavy (non-hydrogen) atoms. The van der Waals surface area contributed by atoms with E-state index < -0.39 is 17.8 Å². The van der Waals surface area contributed by atoms with Crippen LogP contribution in [0.25, 0.3) is 0 Å². The molecule has 2 aliphatic rings.